The van der Waals surface area contributed by atoms with E-state index in [1.807, 2.05) is 0 Å². The molecule has 0 aromatic carbocycles. The Balaban J connectivity index is 1.69. The van der Waals surface area contributed by atoms with Gasteiger partial charge in [0.25, 0.3) is 0 Å². The summed E-state index contributed by atoms with van der Waals surface area (Å²) in [5.74, 6) is 1.53. The SMILES string of the molecule is CC1CCCNC1CNS(=O)(=O)CCC1CCC1. The molecule has 1 aliphatic heterocycles. The van der Waals surface area contributed by atoms with Gasteiger partial charge in [-0.25, -0.2) is 13.1 Å². The van der Waals surface area contributed by atoms with Gasteiger partial charge in [-0.1, -0.05) is 26.2 Å². The van der Waals surface area contributed by atoms with E-state index >= 15 is 0 Å². The molecule has 106 valence electrons. The molecule has 1 heterocycles. The first-order chi connectivity index (χ1) is 8.57. The van der Waals surface area contributed by atoms with Crippen molar-refractivity contribution in [3.63, 3.8) is 0 Å². The highest BCUT2D eigenvalue weighted by Crippen LogP contribution is 2.29. The van der Waals surface area contributed by atoms with Crippen molar-refractivity contribution in [2.75, 3.05) is 18.8 Å². The average Bonchev–Trinajstić information content (AvgIpc) is 2.26. The molecule has 1 saturated carbocycles. The summed E-state index contributed by atoms with van der Waals surface area (Å²) >= 11 is 0. The highest BCUT2D eigenvalue weighted by Gasteiger charge is 2.24. The van der Waals surface area contributed by atoms with Gasteiger partial charge in [-0.2, -0.15) is 0 Å². The average molecular weight is 274 g/mol. The summed E-state index contributed by atoms with van der Waals surface area (Å²) in [6.07, 6.45) is 6.95. The van der Waals surface area contributed by atoms with Gasteiger partial charge < -0.3 is 5.32 Å². The molecular weight excluding hydrogens is 248 g/mol. The summed E-state index contributed by atoms with van der Waals surface area (Å²) in [7, 11) is -3.07. The Hall–Kier alpha value is -0.130. The Kier molecular flexibility index (Phi) is 5.04. The van der Waals surface area contributed by atoms with Crippen LogP contribution in [0.4, 0.5) is 0 Å². The van der Waals surface area contributed by atoms with E-state index in [2.05, 4.69) is 17.0 Å². The van der Waals surface area contributed by atoms with Crippen molar-refractivity contribution in [1.29, 1.82) is 0 Å². The Labute approximate surface area is 111 Å². The molecule has 4 nitrogen and oxygen atoms in total. The number of piperidine rings is 1. The fourth-order valence-electron chi connectivity index (χ4n) is 2.78. The number of nitrogens with one attached hydrogen (secondary N) is 2. The van der Waals surface area contributed by atoms with Crippen LogP contribution in [0.15, 0.2) is 0 Å². The third kappa shape index (κ3) is 4.21. The van der Waals surface area contributed by atoms with Crippen molar-refractivity contribution < 1.29 is 8.42 Å². The first-order valence-electron chi connectivity index (χ1n) is 7.27. The van der Waals surface area contributed by atoms with Gasteiger partial charge in [-0.15, -0.1) is 0 Å². The lowest BCUT2D eigenvalue weighted by Crippen LogP contribution is -2.48. The number of rotatable bonds is 6. The maximum absolute atomic E-state index is 11.9. The lowest BCUT2D eigenvalue weighted by atomic mass is 9.84. The zero-order chi connectivity index (χ0) is 13.0. The molecule has 2 fully saturated rings. The molecule has 2 atom stereocenters. The third-order valence-corrected chi connectivity index (χ3v) is 5.85. The van der Waals surface area contributed by atoms with E-state index in [0.717, 1.165) is 13.0 Å². The lowest BCUT2D eigenvalue weighted by Gasteiger charge is -2.30. The van der Waals surface area contributed by atoms with Gasteiger partial charge in [0.15, 0.2) is 0 Å². The predicted molar refractivity (Wildman–Crippen MR) is 73.9 cm³/mol. The van der Waals surface area contributed by atoms with Gasteiger partial charge in [0.1, 0.15) is 0 Å². The van der Waals surface area contributed by atoms with Crippen molar-refractivity contribution in [1.82, 2.24) is 10.0 Å². The van der Waals surface area contributed by atoms with Crippen LogP contribution in [-0.4, -0.2) is 33.3 Å². The molecule has 2 N–H and O–H groups in total. The molecule has 2 unspecified atom stereocenters. The monoisotopic (exact) mass is 274 g/mol. The first-order valence-corrected chi connectivity index (χ1v) is 8.93. The van der Waals surface area contributed by atoms with Gasteiger partial charge in [0, 0.05) is 12.6 Å². The first kappa shape index (κ1) is 14.3. The van der Waals surface area contributed by atoms with Crippen LogP contribution < -0.4 is 10.0 Å². The highest BCUT2D eigenvalue weighted by molar-refractivity contribution is 7.89. The van der Waals surface area contributed by atoms with Gasteiger partial charge in [-0.3, -0.25) is 0 Å². The summed E-state index contributed by atoms with van der Waals surface area (Å²) in [4.78, 5) is 0. The maximum atomic E-state index is 11.9. The maximum Gasteiger partial charge on any atom is 0.211 e. The normalized spacial score (nSPS) is 30.1. The van der Waals surface area contributed by atoms with Crippen LogP contribution >= 0.6 is 0 Å². The molecule has 0 radical (unpaired) electrons. The van der Waals surface area contributed by atoms with Crippen LogP contribution in [-0.2, 0) is 10.0 Å². The fourth-order valence-corrected chi connectivity index (χ4v) is 4.00. The number of sulfonamides is 1. The zero-order valence-corrected chi connectivity index (χ0v) is 12.1. The Morgan fingerprint density at radius 2 is 2.00 bits per heavy atom. The predicted octanol–water partition coefficient (Wildman–Crippen LogP) is 1.48. The van der Waals surface area contributed by atoms with Crippen LogP contribution in [0.2, 0.25) is 0 Å². The molecule has 0 aromatic heterocycles. The molecule has 0 amide bonds. The van der Waals surface area contributed by atoms with E-state index in [1.165, 1.54) is 32.1 Å². The van der Waals surface area contributed by atoms with Crippen LogP contribution in [0.5, 0.6) is 0 Å². The third-order valence-electron chi connectivity index (χ3n) is 4.47. The van der Waals surface area contributed by atoms with Crippen LogP contribution in [0.25, 0.3) is 0 Å². The smallest absolute Gasteiger partial charge is 0.211 e. The summed E-state index contributed by atoms with van der Waals surface area (Å²) in [6, 6.07) is 0.303. The van der Waals surface area contributed by atoms with E-state index in [4.69, 9.17) is 0 Å². The molecule has 2 aliphatic rings. The zero-order valence-electron chi connectivity index (χ0n) is 11.3. The fraction of sp³-hybridized carbons (Fsp3) is 1.00. The van der Waals surface area contributed by atoms with Gasteiger partial charge in [0.05, 0.1) is 5.75 Å². The second-order valence-electron chi connectivity index (χ2n) is 5.93. The molecule has 2 rings (SSSR count). The summed E-state index contributed by atoms with van der Waals surface area (Å²) in [5, 5.41) is 3.40. The standard InChI is InChI=1S/C13H26N2O2S/c1-11-4-3-8-14-13(11)10-15-18(16,17)9-7-12-5-2-6-12/h11-15H,2-10H2,1H3. The van der Waals surface area contributed by atoms with E-state index in [9.17, 15) is 8.42 Å². The molecule has 0 spiro atoms. The number of hydrogen-bond donors (Lipinski definition) is 2. The molecule has 0 bridgehead atoms. The molecule has 1 saturated heterocycles. The van der Waals surface area contributed by atoms with Gasteiger partial charge in [0.2, 0.25) is 10.0 Å². The lowest BCUT2D eigenvalue weighted by molar-refractivity contribution is 0.298. The van der Waals surface area contributed by atoms with Crippen LogP contribution in [0.3, 0.4) is 0 Å². The Morgan fingerprint density at radius 1 is 1.22 bits per heavy atom. The number of hydrogen-bond acceptors (Lipinski definition) is 3. The second kappa shape index (κ2) is 6.35. The van der Waals surface area contributed by atoms with Gasteiger partial charge in [-0.05, 0) is 37.6 Å². The quantitative estimate of drug-likeness (QED) is 0.771. The molecule has 1 aliphatic carbocycles. The highest BCUT2D eigenvalue weighted by atomic mass is 32.2. The summed E-state index contributed by atoms with van der Waals surface area (Å²) in [5.41, 5.74) is 0. The van der Waals surface area contributed by atoms with Crippen molar-refractivity contribution >= 4 is 10.0 Å². The van der Waals surface area contributed by atoms with Crippen LogP contribution in [0, 0.1) is 11.8 Å². The summed E-state index contributed by atoms with van der Waals surface area (Å²) < 4.78 is 26.5. The van der Waals surface area contributed by atoms with Crippen molar-refractivity contribution in [2.45, 2.75) is 51.5 Å². The minimum absolute atomic E-state index is 0.303. The Bertz CT molecular complexity index is 352. The Morgan fingerprint density at radius 3 is 2.61 bits per heavy atom. The summed E-state index contributed by atoms with van der Waals surface area (Å²) in [6.45, 7) is 3.76. The van der Waals surface area contributed by atoms with Gasteiger partial charge >= 0.3 is 0 Å². The minimum Gasteiger partial charge on any atom is -0.312 e. The topological polar surface area (TPSA) is 58.2 Å². The largest absolute Gasteiger partial charge is 0.312 e. The van der Waals surface area contributed by atoms with Crippen molar-refractivity contribution in [3.8, 4) is 0 Å². The van der Waals surface area contributed by atoms with E-state index < -0.39 is 10.0 Å². The van der Waals surface area contributed by atoms with E-state index in [1.54, 1.807) is 0 Å². The minimum atomic E-state index is -3.07. The molecule has 5 heteroatoms. The molecule has 0 aromatic rings. The van der Waals surface area contributed by atoms with E-state index in [-0.39, 0.29) is 0 Å². The second-order valence-corrected chi connectivity index (χ2v) is 7.86. The van der Waals surface area contributed by atoms with Crippen LogP contribution in [0.1, 0.15) is 45.4 Å². The van der Waals surface area contributed by atoms with E-state index in [0.29, 0.717) is 30.2 Å². The molecule has 18 heavy (non-hydrogen) atoms. The van der Waals surface area contributed by atoms with Crippen molar-refractivity contribution in [3.05, 3.63) is 0 Å². The van der Waals surface area contributed by atoms with Crippen molar-refractivity contribution in [2.24, 2.45) is 11.8 Å². The molecular formula is C13H26N2O2S.